The summed E-state index contributed by atoms with van der Waals surface area (Å²) in [6, 6.07) is 4.07. The van der Waals surface area contributed by atoms with Crippen molar-refractivity contribution in [2.75, 3.05) is 31.1 Å². The number of aromatic nitrogens is 4. The topological polar surface area (TPSA) is 49.6 Å². The van der Waals surface area contributed by atoms with Gasteiger partial charge in [0.2, 0.25) is 0 Å². The van der Waals surface area contributed by atoms with E-state index in [0.29, 0.717) is 6.54 Å². The van der Waals surface area contributed by atoms with Gasteiger partial charge in [-0.2, -0.15) is 9.61 Å². The molecular weight excluding hydrogens is 314 g/mol. The molecule has 1 aliphatic rings. The van der Waals surface area contributed by atoms with Gasteiger partial charge in [0.15, 0.2) is 23.1 Å². The van der Waals surface area contributed by atoms with E-state index in [9.17, 15) is 8.78 Å². The van der Waals surface area contributed by atoms with Crippen molar-refractivity contribution in [1.82, 2.24) is 24.5 Å². The zero-order valence-electron chi connectivity index (χ0n) is 12.9. The highest BCUT2D eigenvalue weighted by Crippen LogP contribution is 2.17. The van der Waals surface area contributed by atoms with Crippen molar-refractivity contribution in [3.8, 4) is 0 Å². The molecule has 1 aliphatic heterocycles. The van der Waals surface area contributed by atoms with Crippen molar-refractivity contribution < 1.29 is 8.78 Å². The summed E-state index contributed by atoms with van der Waals surface area (Å²) in [6.45, 7) is 3.87. The first-order valence-corrected chi connectivity index (χ1v) is 7.76. The minimum absolute atomic E-state index is 0.608. The van der Waals surface area contributed by atoms with Crippen molar-refractivity contribution in [3.63, 3.8) is 0 Å². The molecular formula is C16H16F2N6. The highest BCUT2D eigenvalue weighted by molar-refractivity contribution is 5.46. The van der Waals surface area contributed by atoms with E-state index >= 15 is 0 Å². The lowest BCUT2D eigenvalue weighted by Gasteiger charge is -2.35. The summed E-state index contributed by atoms with van der Waals surface area (Å²) in [5.74, 6) is -0.690. The second-order valence-corrected chi connectivity index (χ2v) is 5.81. The molecule has 0 radical (unpaired) electrons. The van der Waals surface area contributed by atoms with Gasteiger partial charge >= 0.3 is 0 Å². The van der Waals surface area contributed by atoms with E-state index in [1.807, 2.05) is 0 Å². The molecule has 124 valence electrons. The molecule has 4 rings (SSSR count). The second-order valence-electron chi connectivity index (χ2n) is 5.81. The molecule has 0 bridgehead atoms. The summed E-state index contributed by atoms with van der Waals surface area (Å²) < 4.78 is 28.1. The summed E-state index contributed by atoms with van der Waals surface area (Å²) >= 11 is 0. The molecule has 0 spiro atoms. The van der Waals surface area contributed by atoms with E-state index in [-0.39, 0.29) is 0 Å². The lowest BCUT2D eigenvalue weighted by atomic mass is 10.2. The fraction of sp³-hybridized carbons (Fsp3) is 0.312. The number of rotatable bonds is 3. The maximum absolute atomic E-state index is 13.3. The Kier molecular flexibility index (Phi) is 3.81. The van der Waals surface area contributed by atoms with Crippen LogP contribution in [0.2, 0.25) is 0 Å². The zero-order chi connectivity index (χ0) is 16.5. The van der Waals surface area contributed by atoms with Crippen LogP contribution in [0.4, 0.5) is 14.6 Å². The second kappa shape index (κ2) is 6.12. The first-order valence-electron chi connectivity index (χ1n) is 7.76. The molecule has 1 fully saturated rings. The summed E-state index contributed by atoms with van der Waals surface area (Å²) in [5.41, 5.74) is 1.50. The Labute approximate surface area is 137 Å². The fourth-order valence-electron chi connectivity index (χ4n) is 2.99. The number of halogens is 2. The average molecular weight is 330 g/mol. The summed E-state index contributed by atoms with van der Waals surface area (Å²) in [6.07, 6.45) is 4.97. The third kappa shape index (κ3) is 2.80. The van der Waals surface area contributed by atoms with Crippen molar-refractivity contribution in [2.45, 2.75) is 6.54 Å². The lowest BCUT2D eigenvalue weighted by molar-refractivity contribution is 0.248. The fourth-order valence-corrected chi connectivity index (χ4v) is 2.99. The molecule has 1 saturated heterocycles. The Morgan fingerprint density at radius 2 is 1.83 bits per heavy atom. The molecule has 1 aromatic carbocycles. The predicted molar refractivity (Wildman–Crippen MR) is 84.6 cm³/mol. The first-order chi connectivity index (χ1) is 11.7. The minimum Gasteiger partial charge on any atom is -0.353 e. The number of fused-ring (bicyclic) bond motifs is 1. The molecule has 8 heteroatoms. The van der Waals surface area contributed by atoms with Crippen molar-refractivity contribution in [3.05, 3.63) is 54.1 Å². The van der Waals surface area contributed by atoms with Crippen molar-refractivity contribution in [2.24, 2.45) is 0 Å². The Bertz CT molecular complexity index is 857. The lowest BCUT2D eigenvalue weighted by Crippen LogP contribution is -2.46. The monoisotopic (exact) mass is 330 g/mol. The van der Waals surface area contributed by atoms with Gasteiger partial charge in [0, 0.05) is 32.7 Å². The molecule has 3 heterocycles. The van der Waals surface area contributed by atoms with Crippen LogP contribution in [0.15, 0.2) is 36.9 Å². The van der Waals surface area contributed by atoms with Crippen LogP contribution >= 0.6 is 0 Å². The summed E-state index contributed by atoms with van der Waals surface area (Å²) in [5, 5.41) is 4.23. The standard InChI is InChI=1S/C16H16F2N6/c17-13-2-1-12(7-14(13)18)10-22-3-5-23(6-4-22)16-9-19-8-15-20-11-21-24(15)16/h1-2,7-9,11H,3-6,10H2. The molecule has 6 nitrogen and oxygen atoms in total. The Hall–Kier alpha value is -2.61. The van der Waals surface area contributed by atoms with Gasteiger partial charge in [0.05, 0.1) is 12.4 Å². The quantitative estimate of drug-likeness (QED) is 0.732. The van der Waals surface area contributed by atoms with Crippen LogP contribution in [0.5, 0.6) is 0 Å². The van der Waals surface area contributed by atoms with Gasteiger partial charge in [-0.25, -0.2) is 13.8 Å². The maximum Gasteiger partial charge on any atom is 0.175 e. The summed E-state index contributed by atoms with van der Waals surface area (Å²) in [4.78, 5) is 12.8. The van der Waals surface area contributed by atoms with E-state index in [2.05, 4.69) is 24.9 Å². The average Bonchev–Trinajstić information content (AvgIpc) is 3.08. The molecule has 2 aromatic heterocycles. The normalized spacial score (nSPS) is 16.0. The van der Waals surface area contributed by atoms with Gasteiger partial charge in [-0.3, -0.25) is 9.88 Å². The number of nitrogens with zero attached hydrogens (tertiary/aromatic N) is 6. The predicted octanol–water partition coefficient (Wildman–Crippen LogP) is 1.72. The van der Waals surface area contributed by atoms with Crippen LogP contribution in [-0.2, 0) is 6.54 Å². The van der Waals surface area contributed by atoms with Crippen LogP contribution in [0, 0.1) is 11.6 Å². The van der Waals surface area contributed by atoms with Gasteiger partial charge in [0.25, 0.3) is 0 Å². The van der Waals surface area contributed by atoms with Crippen molar-refractivity contribution >= 4 is 11.5 Å². The molecule has 0 aliphatic carbocycles. The maximum atomic E-state index is 13.3. The molecule has 0 atom stereocenters. The third-order valence-corrected chi connectivity index (χ3v) is 4.26. The van der Waals surface area contributed by atoms with Crippen LogP contribution in [-0.4, -0.2) is 50.7 Å². The van der Waals surface area contributed by atoms with Gasteiger partial charge in [-0.1, -0.05) is 6.07 Å². The van der Waals surface area contributed by atoms with Gasteiger partial charge in [-0.05, 0) is 17.7 Å². The van der Waals surface area contributed by atoms with Crippen LogP contribution in [0.3, 0.4) is 0 Å². The summed E-state index contributed by atoms with van der Waals surface area (Å²) in [7, 11) is 0. The number of piperazine rings is 1. The SMILES string of the molecule is Fc1ccc(CN2CCN(c3cncc4ncnn34)CC2)cc1F. The molecule has 0 N–H and O–H groups in total. The number of hydrogen-bond donors (Lipinski definition) is 0. The Morgan fingerprint density at radius 3 is 2.62 bits per heavy atom. The Balaban J connectivity index is 1.43. The number of hydrogen-bond acceptors (Lipinski definition) is 5. The van der Waals surface area contributed by atoms with Crippen molar-refractivity contribution in [1.29, 1.82) is 0 Å². The zero-order valence-corrected chi connectivity index (χ0v) is 12.9. The Morgan fingerprint density at radius 1 is 1.00 bits per heavy atom. The van der Waals surface area contributed by atoms with Gasteiger partial charge < -0.3 is 4.90 Å². The van der Waals surface area contributed by atoms with E-state index in [1.54, 1.807) is 23.0 Å². The molecule has 3 aromatic rings. The largest absolute Gasteiger partial charge is 0.353 e. The molecule has 0 amide bonds. The van der Waals surface area contributed by atoms with E-state index in [0.717, 1.165) is 43.2 Å². The number of anilines is 1. The highest BCUT2D eigenvalue weighted by atomic mass is 19.2. The number of benzene rings is 1. The molecule has 0 saturated carbocycles. The van der Waals surface area contributed by atoms with E-state index in [1.165, 1.54) is 18.5 Å². The minimum atomic E-state index is -0.808. The van der Waals surface area contributed by atoms with E-state index in [4.69, 9.17) is 0 Å². The van der Waals surface area contributed by atoms with Crippen LogP contribution < -0.4 is 4.90 Å². The smallest absolute Gasteiger partial charge is 0.175 e. The molecule has 24 heavy (non-hydrogen) atoms. The third-order valence-electron chi connectivity index (χ3n) is 4.26. The van der Waals surface area contributed by atoms with Crippen LogP contribution in [0.1, 0.15) is 5.56 Å². The van der Waals surface area contributed by atoms with E-state index < -0.39 is 11.6 Å². The molecule has 0 unspecified atom stereocenters. The van der Waals surface area contributed by atoms with Gasteiger partial charge in [-0.15, -0.1) is 0 Å². The van der Waals surface area contributed by atoms with Gasteiger partial charge in [0.1, 0.15) is 6.33 Å². The first kappa shape index (κ1) is 14.9. The van der Waals surface area contributed by atoms with Crippen LogP contribution in [0.25, 0.3) is 5.65 Å². The highest BCUT2D eigenvalue weighted by Gasteiger charge is 2.20.